The smallest absolute Gasteiger partial charge is 0.333 e. The minimum Gasteiger partial charge on any atom is -0.460 e. The Bertz CT molecular complexity index is 227. The third-order valence-electron chi connectivity index (χ3n) is 1.90. The summed E-state index contributed by atoms with van der Waals surface area (Å²) in [7, 11) is 0. The van der Waals surface area contributed by atoms with Crippen molar-refractivity contribution >= 4 is 5.97 Å². The van der Waals surface area contributed by atoms with Gasteiger partial charge >= 0.3 is 5.97 Å². The van der Waals surface area contributed by atoms with Gasteiger partial charge in [-0.05, 0) is 13.3 Å². The second-order valence-electron chi connectivity index (χ2n) is 3.75. The molecule has 0 amide bonds. The lowest BCUT2D eigenvalue weighted by molar-refractivity contribution is -0.140. The predicted molar refractivity (Wildman–Crippen MR) is 68.5 cm³/mol. The van der Waals surface area contributed by atoms with Crippen molar-refractivity contribution < 1.29 is 23.7 Å². The Morgan fingerprint density at radius 2 is 1.33 bits per heavy atom. The molecule has 0 unspecified atom stereocenters. The topological polar surface area (TPSA) is 54.0 Å². The number of ether oxygens (including phenoxy) is 4. The minimum absolute atomic E-state index is 0.241. The summed E-state index contributed by atoms with van der Waals surface area (Å²) in [6, 6.07) is 0. The third-order valence-corrected chi connectivity index (χ3v) is 1.90. The van der Waals surface area contributed by atoms with Crippen LogP contribution in [-0.4, -0.2) is 52.2 Å². The molecule has 5 heteroatoms. The van der Waals surface area contributed by atoms with Crippen molar-refractivity contribution in [3.05, 3.63) is 12.2 Å². The molecule has 0 fully saturated rings. The van der Waals surface area contributed by atoms with Crippen molar-refractivity contribution in [2.45, 2.75) is 20.3 Å². The van der Waals surface area contributed by atoms with Gasteiger partial charge in [-0.1, -0.05) is 13.5 Å². The van der Waals surface area contributed by atoms with Crippen LogP contribution in [0.25, 0.3) is 0 Å². The number of rotatable bonds is 12. The molecule has 0 aromatic carbocycles. The van der Waals surface area contributed by atoms with Crippen molar-refractivity contribution in [2.75, 3.05) is 46.2 Å². The summed E-state index contributed by atoms with van der Waals surface area (Å²) in [5, 5.41) is 0. The molecule has 0 aliphatic carbocycles. The van der Waals surface area contributed by atoms with Gasteiger partial charge in [0.05, 0.1) is 33.0 Å². The lowest BCUT2D eigenvalue weighted by Gasteiger charge is -2.07. The molecule has 0 radical (unpaired) electrons. The van der Waals surface area contributed by atoms with Crippen LogP contribution in [0.15, 0.2) is 12.2 Å². The monoisotopic (exact) mass is 260 g/mol. The first-order chi connectivity index (χ1) is 8.68. The van der Waals surface area contributed by atoms with Crippen LogP contribution < -0.4 is 0 Å². The molecule has 18 heavy (non-hydrogen) atoms. The summed E-state index contributed by atoms with van der Waals surface area (Å²) in [6.07, 6.45) is 1.02. The fourth-order valence-electron chi connectivity index (χ4n) is 1.00. The molecule has 0 bridgehead atoms. The molecule has 0 aromatic rings. The van der Waals surface area contributed by atoms with Crippen molar-refractivity contribution in [1.82, 2.24) is 0 Å². The van der Waals surface area contributed by atoms with Gasteiger partial charge in [0.1, 0.15) is 6.61 Å². The molecule has 106 valence electrons. The molecule has 0 saturated heterocycles. The molecule has 0 spiro atoms. The van der Waals surface area contributed by atoms with E-state index in [1.165, 1.54) is 0 Å². The van der Waals surface area contributed by atoms with Crippen LogP contribution in [0.2, 0.25) is 0 Å². The zero-order chi connectivity index (χ0) is 13.6. The highest BCUT2D eigenvalue weighted by molar-refractivity contribution is 5.86. The van der Waals surface area contributed by atoms with E-state index < -0.39 is 0 Å². The van der Waals surface area contributed by atoms with Gasteiger partial charge in [0.2, 0.25) is 0 Å². The molecule has 5 nitrogen and oxygen atoms in total. The van der Waals surface area contributed by atoms with Gasteiger partial charge in [-0.2, -0.15) is 0 Å². The number of carbonyl (C=O) groups is 1. The fourth-order valence-corrected chi connectivity index (χ4v) is 1.00. The van der Waals surface area contributed by atoms with Crippen LogP contribution in [-0.2, 0) is 23.7 Å². The first-order valence-corrected chi connectivity index (χ1v) is 6.24. The SMILES string of the molecule is C=C(C)C(=O)OCCOCCOCCOCCC. The predicted octanol–water partition coefficient (Wildman–Crippen LogP) is 1.57. The average molecular weight is 260 g/mol. The molecular weight excluding hydrogens is 236 g/mol. The number of carbonyl (C=O) groups excluding carboxylic acids is 1. The first kappa shape index (κ1) is 17.1. The zero-order valence-corrected chi connectivity index (χ0v) is 11.4. The van der Waals surface area contributed by atoms with Crippen molar-refractivity contribution in [3.63, 3.8) is 0 Å². The maximum Gasteiger partial charge on any atom is 0.333 e. The van der Waals surface area contributed by atoms with E-state index in [2.05, 4.69) is 13.5 Å². The quantitative estimate of drug-likeness (QED) is 0.303. The van der Waals surface area contributed by atoms with Gasteiger partial charge in [-0.25, -0.2) is 4.79 Å². The highest BCUT2D eigenvalue weighted by Crippen LogP contribution is 1.91. The highest BCUT2D eigenvalue weighted by Gasteiger charge is 2.01. The number of hydrogen-bond donors (Lipinski definition) is 0. The molecule has 0 aromatic heterocycles. The molecule has 0 rings (SSSR count). The van der Waals surface area contributed by atoms with Gasteiger partial charge in [0.15, 0.2) is 0 Å². The van der Waals surface area contributed by atoms with Crippen molar-refractivity contribution in [2.24, 2.45) is 0 Å². The van der Waals surface area contributed by atoms with Gasteiger partial charge in [0, 0.05) is 12.2 Å². The Kier molecular flexibility index (Phi) is 11.9. The van der Waals surface area contributed by atoms with E-state index in [4.69, 9.17) is 18.9 Å². The molecule has 0 atom stereocenters. The van der Waals surface area contributed by atoms with E-state index in [1.807, 2.05) is 0 Å². The van der Waals surface area contributed by atoms with Crippen molar-refractivity contribution in [3.8, 4) is 0 Å². The van der Waals surface area contributed by atoms with E-state index >= 15 is 0 Å². The van der Waals surface area contributed by atoms with E-state index in [1.54, 1.807) is 6.92 Å². The van der Waals surface area contributed by atoms with E-state index in [0.29, 0.717) is 38.6 Å². The summed E-state index contributed by atoms with van der Waals surface area (Å²) in [4.78, 5) is 11.0. The van der Waals surface area contributed by atoms with Crippen LogP contribution in [0.5, 0.6) is 0 Å². The van der Waals surface area contributed by atoms with E-state index in [0.717, 1.165) is 13.0 Å². The van der Waals surface area contributed by atoms with Crippen LogP contribution in [0, 0.1) is 0 Å². The second kappa shape index (κ2) is 12.5. The zero-order valence-electron chi connectivity index (χ0n) is 11.4. The number of hydrogen-bond acceptors (Lipinski definition) is 5. The Morgan fingerprint density at radius 1 is 0.889 bits per heavy atom. The van der Waals surface area contributed by atoms with Gasteiger partial charge in [0.25, 0.3) is 0 Å². The van der Waals surface area contributed by atoms with Crippen LogP contribution >= 0.6 is 0 Å². The Balaban J connectivity index is 3.07. The van der Waals surface area contributed by atoms with Crippen LogP contribution in [0.3, 0.4) is 0 Å². The van der Waals surface area contributed by atoms with Gasteiger partial charge < -0.3 is 18.9 Å². The maximum absolute atomic E-state index is 11.0. The average Bonchev–Trinajstić information content (AvgIpc) is 2.35. The molecule has 0 heterocycles. The van der Waals surface area contributed by atoms with Crippen LogP contribution in [0.1, 0.15) is 20.3 Å². The highest BCUT2D eigenvalue weighted by atomic mass is 16.6. The van der Waals surface area contributed by atoms with Gasteiger partial charge in [-0.15, -0.1) is 0 Å². The standard InChI is InChI=1S/C13H24O5/c1-4-5-15-6-7-16-8-9-17-10-11-18-13(14)12(2)3/h2,4-11H2,1,3H3. The first-order valence-electron chi connectivity index (χ1n) is 6.24. The Morgan fingerprint density at radius 3 is 1.78 bits per heavy atom. The van der Waals surface area contributed by atoms with E-state index in [-0.39, 0.29) is 12.6 Å². The summed E-state index contributed by atoms with van der Waals surface area (Å²) < 4.78 is 20.6. The lowest BCUT2D eigenvalue weighted by Crippen LogP contribution is -2.14. The Labute approximate surface area is 109 Å². The maximum atomic E-state index is 11.0. The normalized spacial score (nSPS) is 10.3. The van der Waals surface area contributed by atoms with E-state index in [9.17, 15) is 4.79 Å². The minimum atomic E-state index is -0.386. The second-order valence-corrected chi connectivity index (χ2v) is 3.75. The Hall–Kier alpha value is -0.910. The molecule has 0 aliphatic heterocycles. The van der Waals surface area contributed by atoms with Crippen LogP contribution in [0.4, 0.5) is 0 Å². The lowest BCUT2D eigenvalue weighted by atomic mass is 10.4. The summed E-state index contributed by atoms with van der Waals surface area (Å²) >= 11 is 0. The summed E-state index contributed by atoms with van der Waals surface area (Å²) in [6.45, 7) is 10.7. The molecule has 0 saturated carbocycles. The molecule has 0 aliphatic rings. The van der Waals surface area contributed by atoms with Crippen molar-refractivity contribution in [1.29, 1.82) is 0 Å². The molecular formula is C13H24O5. The number of esters is 1. The fraction of sp³-hybridized carbons (Fsp3) is 0.769. The van der Waals surface area contributed by atoms with Gasteiger partial charge in [-0.3, -0.25) is 0 Å². The summed E-state index contributed by atoms with van der Waals surface area (Å²) in [5.74, 6) is -0.386. The summed E-state index contributed by atoms with van der Waals surface area (Å²) in [5.41, 5.74) is 0.394. The largest absolute Gasteiger partial charge is 0.460 e. The third kappa shape index (κ3) is 11.6. The molecule has 0 N–H and O–H groups in total.